The minimum absolute atomic E-state index is 0.207. The van der Waals surface area contributed by atoms with E-state index in [0.717, 1.165) is 11.4 Å². The average molecular weight is 368 g/mol. The number of imidazole rings is 1. The smallest absolute Gasteiger partial charge is 0.349 e. The summed E-state index contributed by atoms with van der Waals surface area (Å²) in [6.45, 7) is 0.407. The van der Waals surface area contributed by atoms with Gasteiger partial charge in [-0.05, 0) is 17.2 Å². The summed E-state index contributed by atoms with van der Waals surface area (Å²) in [7, 11) is -4.22. The van der Waals surface area contributed by atoms with Gasteiger partial charge >= 0.3 is 7.60 Å². The van der Waals surface area contributed by atoms with Crippen molar-refractivity contribution in [3.05, 3.63) is 53.2 Å². The van der Waals surface area contributed by atoms with Crippen molar-refractivity contribution in [2.24, 2.45) is 10.7 Å². The number of nitrogens with one attached hydrogen (secondary N) is 1. The molecule has 1 aliphatic heterocycles. The predicted molar refractivity (Wildman–Crippen MR) is 91.9 cm³/mol. The number of fused-ring (bicyclic) bond motifs is 1. The van der Waals surface area contributed by atoms with Gasteiger partial charge in [-0.3, -0.25) is 4.57 Å². The summed E-state index contributed by atoms with van der Waals surface area (Å²) in [5.74, 6) is 1.64. The van der Waals surface area contributed by atoms with E-state index < -0.39 is 13.1 Å². The van der Waals surface area contributed by atoms with E-state index in [1.54, 1.807) is 23.0 Å². The Morgan fingerprint density at radius 3 is 2.92 bits per heavy atom. The highest BCUT2D eigenvalue weighted by atomic mass is 35.5. The zero-order valence-electron chi connectivity index (χ0n) is 12.4. The quantitative estimate of drug-likeness (QED) is 0.371. The lowest BCUT2D eigenvalue weighted by Crippen LogP contribution is -2.35. The van der Waals surface area contributed by atoms with Crippen molar-refractivity contribution in [1.82, 2.24) is 14.9 Å². The maximum absolute atomic E-state index is 11.0. The van der Waals surface area contributed by atoms with Crippen LogP contribution in [0, 0.1) is 0 Å². The molecule has 8 nitrogen and oxygen atoms in total. The number of hydrogen-bond acceptors (Lipinski definition) is 5. The molecule has 1 aromatic carbocycles. The third-order valence-corrected chi connectivity index (χ3v) is 4.28. The number of guanidine groups is 1. The second-order valence-corrected chi connectivity index (χ2v) is 7.10. The molecule has 10 heteroatoms. The first-order valence-corrected chi connectivity index (χ1v) is 9.07. The Morgan fingerprint density at radius 2 is 2.17 bits per heavy atom. The highest BCUT2D eigenvalue weighted by molar-refractivity contribution is 7.55. The van der Waals surface area contributed by atoms with Crippen molar-refractivity contribution in [3.63, 3.8) is 0 Å². The molecule has 1 aliphatic rings. The van der Waals surface area contributed by atoms with Gasteiger partial charge < -0.3 is 25.4 Å². The van der Waals surface area contributed by atoms with Gasteiger partial charge in [0, 0.05) is 5.82 Å². The van der Waals surface area contributed by atoms with E-state index in [4.69, 9.17) is 27.1 Å². The second-order valence-electron chi connectivity index (χ2n) is 5.19. The Balaban J connectivity index is 1.94. The van der Waals surface area contributed by atoms with Crippen LogP contribution < -0.4 is 11.1 Å². The lowest BCUT2D eigenvalue weighted by atomic mass is 10.1. The topological polar surface area (TPSA) is 126 Å². The fourth-order valence-electron chi connectivity index (χ4n) is 2.35. The molecular formula is C14H15ClN5O3P. The largest absolute Gasteiger partial charge is 0.370 e. The monoisotopic (exact) mass is 367 g/mol. The molecule has 1 unspecified atom stereocenters. The number of nitrogens with zero attached hydrogens (tertiary/aromatic N) is 3. The molecular weight excluding hydrogens is 353 g/mol. The minimum Gasteiger partial charge on any atom is -0.370 e. The Labute approximate surface area is 142 Å². The van der Waals surface area contributed by atoms with Gasteiger partial charge in [0.1, 0.15) is 5.69 Å². The normalized spacial score (nSPS) is 17.5. The van der Waals surface area contributed by atoms with Crippen LogP contribution in [0.25, 0.3) is 6.08 Å². The van der Waals surface area contributed by atoms with E-state index in [2.05, 4.69) is 15.3 Å². The maximum atomic E-state index is 11.0. The van der Waals surface area contributed by atoms with Gasteiger partial charge in [0.05, 0.1) is 12.9 Å². The molecule has 24 heavy (non-hydrogen) atoms. The van der Waals surface area contributed by atoms with Crippen molar-refractivity contribution < 1.29 is 14.4 Å². The summed E-state index contributed by atoms with van der Waals surface area (Å²) in [4.78, 5) is 26.5. The molecule has 0 fully saturated rings. The SMILES string of the molecule is NC1=Nc2c(ncn2Cc2ccccc2C=CP(=O)(O)O)C(Cl)N1. The van der Waals surface area contributed by atoms with Crippen LogP contribution >= 0.6 is 19.2 Å². The van der Waals surface area contributed by atoms with Gasteiger partial charge in [0.2, 0.25) is 0 Å². The van der Waals surface area contributed by atoms with Crippen molar-refractivity contribution in [2.45, 2.75) is 12.0 Å². The number of hydrogen-bond donors (Lipinski definition) is 4. The van der Waals surface area contributed by atoms with Gasteiger partial charge in [-0.25, -0.2) is 4.98 Å². The molecule has 0 saturated heterocycles. The molecule has 0 saturated carbocycles. The summed E-state index contributed by atoms with van der Waals surface area (Å²) in [5.41, 5.74) is 7.27. The first-order chi connectivity index (χ1) is 11.3. The van der Waals surface area contributed by atoms with Crippen LogP contribution in [0.4, 0.5) is 5.82 Å². The van der Waals surface area contributed by atoms with E-state index in [-0.39, 0.29) is 5.96 Å². The van der Waals surface area contributed by atoms with E-state index in [1.165, 1.54) is 6.08 Å². The second kappa shape index (κ2) is 6.41. The summed E-state index contributed by atoms with van der Waals surface area (Å²) in [5, 5.41) is 2.78. The predicted octanol–water partition coefficient (Wildman–Crippen LogP) is 1.87. The van der Waals surface area contributed by atoms with Crippen LogP contribution in [0.1, 0.15) is 22.3 Å². The molecule has 1 atom stereocenters. The Hall–Kier alpha value is -2.12. The summed E-state index contributed by atoms with van der Waals surface area (Å²) in [6.07, 6.45) is 3.01. The molecule has 0 aliphatic carbocycles. The van der Waals surface area contributed by atoms with Gasteiger partial charge in [-0.2, -0.15) is 4.99 Å². The molecule has 2 heterocycles. The number of aliphatic imine (C=N–C) groups is 1. The number of halogens is 1. The van der Waals surface area contributed by atoms with Crippen LogP contribution in [0.2, 0.25) is 0 Å². The molecule has 0 radical (unpaired) electrons. The minimum atomic E-state index is -4.22. The van der Waals surface area contributed by atoms with Crippen molar-refractivity contribution in [1.29, 1.82) is 0 Å². The fraction of sp³-hybridized carbons (Fsp3) is 0.143. The number of alkyl halides is 1. The fourth-order valence-corrected chi connectivity index (χ4v) is 2.97. The average Bonchev–Trinajstić information content (AvgIpc) is 2.89. The standard InChI is InChI=1S/C14H15ClN5O3P/c15-12-11-13(19-14(16)18-12)20(8-17-11)7-10-4-2-1-3-9(10)5-6-24(21,22)23/h1-6,8,12H,7H2,(H3,16,18,19)(H2,21,22,23). The third-order valence-electron chi connectivity index (χ3n) is 3.42. The van der Waals surface area contributed by atoms with Crippen LogP contribution in [0.15, 0.2) is 41.4 Å². The Kier molecular flexibility index (Phi) is 4.47. The lowest BCUT2D eigenvalue weighted by molar-refractivity contribution is 0.386. The van der Waals surface area contributed by atoms with Crippen LogP contribution in [-0.2, 0) is 11.1 Å². The zero-order valence-corrected chi connectivity index (χ0v) is 14.0. The van der Waals surface area contributed by atoms with Gasteiger partial charge in [0.25, 0.3) is 0 Å². The molecule has 126 valence electrons. The molecule has 0 amide bonds. The number of aromatic nitrogens is 2. The number of nitrogens with two attached hydrogens (primary N) is 1. The van der Waals surface area contributed by atoms with Crippen LogP contribution in [0.5, 0.6) is 0 Å². The lowest BCUT2D eigenvalue weighted by Gasteiger charge is -2.17. The highest BCUT2D eigenvalue weighted by Gasteiger charge is 2.23. The molecule has 2 aromatic rings. The van der Waals surface area contributed by atoms with Crippen LogP contribution in [0.3, 0.4) is 0 Å². The molecule has 0 spiro atoms. The van der Waals surface area contributed by atoms with Gasteiger partial charge in [0.15, 0.2) is 17.3 Å². The zero-order chi connectivity index (χ0) is 17.3. The maximum Gasteiger partial charge on any atom is 0.349 e. The summed E-state index contributed by atoms with van der Waals surface area (Å²) >= 11 is 6.14. The van der Waals surface area contributed by atoms with E-state index in [1.807, 2.05) is 12.1 Å². The van der Waals surface area contributed by atoms with E-state index in [9.17, 15) is 4.57 Å². The molecule has 0 bridgehead atoms. The van der Waals surface area contributed by atoms with E-state index >= 15 is 0 Å². The van der Waals surface area contributed by atoms with Crippen molar-refractivity contribution in [2.75, 3.05) is 0 Å². The highest BCUT2D eigenvalue weighted by Crippen LogP contribution is 2.37. The first-order valence-electron chi connectivity index (χ1n) is 6.95. The number of rotatable bonds is 4. The van der Waals surface area contributed by atoms with Gasteiger partial charge in [-0.15, -0.1) is 0 Å². The van der Waals surface area contributed by atoms with Crippen molar-refractivity contribution in [3.8, 4) is 0 Å². The van der Waals surface area contributed by atoms with Crippen LogP contribution in [-0.4, -0.2) is 25.3 Å². The molecule has 3 rings (SSSR count). The Bertz CT molecular complexity index is 873. The third kappa shape index (κ3) is 3.68. The van der Waals surface area contributed by atoms with Gasteiger partial charge in [-0.1, -0.05) is 35.9 Å². The molecule has 1 aromatic heterocycles. The first kappa shape index (κ1) is 16.7. The van der Waals surface area contributed by atoms with E-state index in [0.29, 0.717) is 23.6 Å². The summed E-state index contributed by atoms with van der Waals surface area (Å²) in [6, 6.07) is 7.27. The van der Waals surface area contributed by atoms with Crippen molar-refractivity contribution >= 4 is 37.1 Å². The molecule has 5 N–H and O–H groups in total. The Morgan fingerprint density at radius 1 is 1.42 bits per heavy atom. The number of benzene rings is 1. The summed E-state index contributed by atoms with van der Waals surface area (Å²) < 4.78 is 12.8.